The van der Waals surface area contributed by atoms with Gasteiger partial charge in [0.05, 0.1) is 6.61 Å². The van der Waals surface area contributed by atoms with Crippen LogP contribution in [0.15, 0.2) is 30.3 Å². The number of rotatable bonds is 7. The molecule has 0 amide bonds. The lowest BCUT2D eigenvalue weighted by atomic mass is 9.83. The molecule has 1 aliphatic carbocycles. The van der Waals surface area contributed by atoms with Crippen molar-refractivity contribution in [2.24, 2.45) is 11.7 Å². The Balaban J connectivity index is 1.86. The van der Waals surface area contributed by atoms with Crippen LogP contribution in [-0.2, 0) is 16.1 Å². The predicted octanol–water partition coefficient (Wildman–Crippen LogP) is 3.46. The molecule has 0 saturated heterocycles. The van der Waals surface area contributed by atoms with E-state index in [9.17, 15) is 4.79 Å². The van der Waals surface area contributed by atoms with Gasteiger partial charge in [-0.15, -0.1) is 0 Å². The number of benzene rings is 1. The minimum atomic E-state index is -0.480. The maximum absolute atomic E-state index is 11.8. The van der Waals surface area contributed by atoms with Crippen molar-refractivity contribution in [1.82, 2.24) is 0 Å². The van der Waals surface area contributed by atoms with Gasteiger partial charge in [0.1, 0.15) is 6.10 Å². The molecule has 0 bridgehead atoms. The van der Waals surface area contributed by atoms with Gasteiger partial charge >= 0.3 is 0 Å². The Morgan fingerprint density at radius 1 is 1.24 bits per heavy atom. The normalized spacial score (nSPS) is 19.1. The Morgan fingerprint density at radius 2 is 1.90 bits per heavy atom. The fourth-order valence-electron chi connectivity index (χ4n) is 3.23. The highest BCUT2D eigenvalue weighted by atomic mass is 16.5. The summed E-state index contributed by atoms with van der Waals surface area (Å²) in [7, 11) is 0. The minimum Gasteiger partial charge on any atom is -0.364 e. The molecule has 2 atom stereocenters. The highest BCUT2D eigenvalue weighted by Gasteiger charge is 2.26. The first-order valence-corrected chi connectivity index (χ1v) is 8.08. The lowest BCUT2D eigenvalue weighted by molar-refractivity contribution is -0.130. The lowest BCUT2D eigenvalue weighted by Gasteiger charge is -2.28. The van der Waals surface area contributed by atoms with Crippen LogP contribution in [0.3, 0.4) is 0 Å². The summed E-state index contributed by atoms with van der Waals surface area (Å²) in [6.07, 6.45) is 6.85. The third kappa shape index (κ3) is 5.25. The first-order chi connectivity index (χ1) is 10.2. The second-order valence-electron chi connectivity index (χ2n) is 6.23. The van der Waals surface area contributed by atoms with Crippen molar-refractivity contribution in [3.05, 3.63) is 35.9 Å². The van der Waals surface area contributed by atoms with Gasteiger partial charge in [0, 0.05) is 6.04 Å². The molecule has 1 fully saturated rings. The Bertz CT molecular complexity index is 426. The summed E-state index contributed by atoms with van der Waals surface area (Å²) < 4.78 is 5.82. The number of ether oxygens (including phenoxy) is 1. The van der Waals surface area contributed by atoms with Crippen LogP contribution < -0.4 is 5.73 Å². The van der Waals surface area contributed by atoms with Gasteiger partial charge in [0.2, 0.25) is 0 Å². The van der Waals surface area contributed by atoms with Crippen molar-refractivity contribution in [3.8, 4) is 0 Å². The third-order valence-corrected chi connectivity index (χ3v) is 4.39. The largest absolute Gasteiger partial charge is 0.364 e. The van der Waals surface area contributed by atoms with E-state index in [1.807, 2.05) is 30.3 Å². The molecule has 2 rings (SSSR count). The van der Waals surface area contributed by atoms with Gasteiger partial charge in [-0.25, -0.2) is 0 Å². The zero-order chi connectivity index (χ0) is 15.1. The van der Waals surface area contributed by atoms with E-state index in [2.05, 4.69) is 0 Å². The summed E-state index contributed by atoms with van der Waals surface area (Å²) in [6.45, 7) is 2.03. The SMILES string of the molecule is CC(=O)[C@H](OCc1ccccc1)[C@@H](N)CC1CCCCC1. The second kappa shape index (κ2) is 8.30. The molecule has 21 heavy (non-hydrogen) atoms. The smallest absolute Gasteiger partial charge is 0.160 e. The van der Waals surface area contributed by atoms with E-state index in [0.29, 0.717) is 12.5 Å². The van der Waals surface area contributed by atoms with Crippen molar-refractivity contribution in [3.63, 3.8) is 0 Å². The van der Waals surface area contributed by atoms with Gasteiger partial charge in [-0.2, -0.15) is 0 Å². The number of nitrogens with two attached hydrogens (primary N) is 1. The van der Waals surface area contributed by atoms with Gasteiger partial charge in [-0.3, -0.25) is 4.79 Å². The third-order valence-electron chi connectivity index (χ3n) is 4.39. The molecule has 1 saturated carbocycles. The fraction of sp³-hybridized carbons (Fsp3) is 0.611. The van der Waals surface area contributed by atoms with Crippen LogP contribution in [0.4, 0.5) is 0 Å². The Hall–Kier alpha value is -1.19. The summed E-state index contributed by atoms with van der Waals surface area (Å²) in [5, 5.41) is 0. The van der Waals surface area contributed by atoms with Crippen molar-refractivity contribution >= 4 is 5.78 Å². The zero-order valence-corrected chi connectivity index (χ0v) is 13.0. The molecule has 0 radical (unpaired) electrons. The molecule has 0 aromatic heterocycles. The molecular formula is C18H27NO2. The molecule has 116 valence electrons. The quantitative estimate of drug-likeness (QED) is 0.836. The van der Waals surface area contributed by atoms with Crippen LogP contribution >= 0.6 is 0 Å². The van der Waals surface area contributed by atoms with Crippen LogP contribution in [0.1, 0.15) is 51.0 Å². The standard InChI is InChI=1S/C18H27NO2/c1-14(20)18(21-13-16-10-6-3-7-11-16)17(19)12-15-8-4-2-5-9-15/h3,6-7,10-11,15,17-18H,2,4-5,8-9,12-13,19H2,1H3/t17-,18-/m0/s1. The van der Waals surface area contributed by atoms with Crippen molar-refractivity contribution in [2.75, 3.05) is 0 Å². The molecule has 3 nitrogen and oxygen atoms in total. The van der Waals surface area contributed by atoms with E-state index in [-0.39, 0.29) is 11.8 Å². The van der Waals surface area contributed by atoms with Gasteiger partial charge in [0.25, 0.3) is 0 Å². The summed E-state index contributed by atoms with van der Waals surface area (Å²) in [6, 6.07) is 9.75. The van der Waals surface area contributed by atoms with Gasteiger partial charge in [-0.1, -0.05) is 62.4 Å². The van der Waals surface area contributed by atoms with Gasteiger partial charge in [0.15, 0.2) is 5.78 Å². The Labute approximate surface area is 127 Å². The minimum absolute atomic E-state index is 0.0363. The number of carbonyl (C=O) groups excluding carboxylic acids is 1. The van der Waals surface area contributed by atoms with E-state index >= 15 is 0 Å². The van der Waals surface area contributed by atoms with Crippen LogP contribution in [0.25, 0.3) is 0 Å². The predicted molar refractivity (Wildman–Crippen MR) is 84.9 cm³/mol. The summed E-state index contributed by atoms with van der Waals surface area (Å²) in [5.41, 5.74) is 7.35. The van der Waals surface area contributed by atoms with E-state index in [1.165, 1.54) is 32.1 Å². The average molecular weight is 289 g/mol. The number of ketones is 1. The molecule has 1 aliphatic rings. The Morgan fingerprint density at radius 3 is 2.52 bits per heavy atom. The van der Waals surface area contributed by atoms with Gasteiger partial charge in [-0.05, 0) is 24.8 Å². The molecule has 0 heterocycles. The maximum atomic E-state index is 11.8. The topological polar surface area (TPSA) is 52.3 Å². The number of hydrogen-bond donors (Lipinski definition) is 1. The van der Waals surface area contributed by atoms with Crippen molar-refractivity contribution in [1.29, 1.82) is 0 Å². The maximum Gasteiger partial charge on any atom is 0.160 e. The molecule has 0 spiro atoms. The Kier molecular flexibility index (Phi) is 6.40. The highest BCUT2D eigenvalue weighted by molar-refractivity contribution is 5.81. The van der Waals surface area contributed by atoms with Crippen LogP contribution in [0, 0.1) is 5.92 Å². The van der Waals surface area contributed by atoms with Crippen LogP contribution in [0.2, 0.25) is 0 Å². The zero-order valence-electron chi connectivity index (χ0n) is 13.0. The monoisotopic (exact) mass is 289 g/mol. The first kappa shape index (κ1) is 16.2. The summed E-state index contributed by atoms with van der Waals surface area (Å²) >= 11 is 0. The van der Waals surface area contributed by atoms with Crippen LogP contribution in [-0.4, -0.2) is 17.9 Å². The summed E-state index contributed by atoms with van der Waals surface area (Å²) in [4.78, 5) is 11.8. The van der Waals surface area contributed by atoms with Crippen LogP contribution in [0.5, 0.6) is 0 Å². The fourth-order valence-corrected chi connectivity index (χ4v) is 3.23. The molecule has 1 aromatic rings. The highest BCUT2D eigenvalue weighted by Crippen LogP contribution is 2.28. The molecule has 0 aliphatic heterocycles. The second-order valence-corrected chi connectivity index (χ2v) is 6.23. The first-order valence-electron chi connectivity index (χ1n) is 8.08. The summed E-state index contributed by atoms with van der Waals surface area (Å²) in [5.74, 6) is 0.699. The number of carbonyl (C=O) groups is 1. The molecule has 2 N–H and O–H groups in total. The van der Waals surface area contributed by atoms with E-state index < -0.39 is 6.10 Å². The number of Topliss-reactive ketones (excluding diaryl/α,β-unsaturated/α-hetero) is 1. The lowest BCUT2D eigenvalue weighted by Crippen LogP contribution is -2.43. The van der Waals surface area contributed by atoms with E-state index in [1.54, 1.807) is 6.92 Å². The molecule has 3 heteroatoms. The van der Waals surface area contributed by atoms with E-state index in [4.69, 9.17) is 10.5 Å². The van der Waals surface area contributed by atoms with E-state index in [0.717, 1.165) is 12.0 Å². The molecular weight excluding hydrogens is 262 g/mol. The van der Waals surface area contributed by atoms with Crippen molar-refractivity contribution < 1.29 is 9.53 Å². The molecule has 0 unspecified atom stereocenters. The number of hydrogen-bond acceptors (Lipinski definition) is 3. The molecule has 1 aromatic carbocycles. The van der Waals surface area contributed by atoms with Gasteiger partial charge < -0.3 is 10.5 Å². The average Bonchev–Trinajstić information content (AvgIpc) is 2.49. The van der Waals surface area contributed by atoms with Crippen molar-refractivity contribution in [2.45, 2.75) is 64.2 Å².